The lowest BCUT2D eigenvalue weighted by atomic mass is 10.0. The van der Waals surface area contributed by atoms with Gasteiger partial charge in [0.25, 0.3) is 0 Å². The van der Waals surface area contributed by atoms with Crippen LogP contribution in [0.5, 0.6) is 0 Å². The third-order valence-electron chi connectivity index (χ3n) is 16.7. The number of ether oxygens (including phenoxy) is 4. The summed E-state index contributed by atoms with van der Waals surface area (Å²) in [6.45, 7) is 10.5. The second-order valence-corrected chi connectivity index (χ2v) is 25.3. The number of carbonyl (C=O) groups is 5. The number of unbranched alkanes of at least 4 members (excludes halogenated alkanes) is 52. The zero-order valence-corrected chi connectivity index (χ0v) is 61.4. The molecule has 0 atom stereocenters. The van der Waals surface area contributed by atoms with Gasteiger partial charge in [0.15, 0.2) is 0 Å². The minimum Gasteiger partial charge on any atom is -0.469 e. The predicted molar refractivity (Wildman–Crippen MR) is 387 cm³/mol. The normalized spacial score (nSPS) is 10.8. The lowest BCUT2D eigenvalue weighted by molar-refractivity contribution is -0.141. The predicted octanol–water partition coefficient (Wildman–Crippen LogP) is 26.2. The molecule has 0 saturated carbocycles. The van der Waals surface area contributed by atoms with E-state index in [4.69, 9.17) is 4.79 Å². The van der Waals surface area contributed by atoms with Crippen molar-refractivity contribution in [1.29, 1.82) is 0 Å². The molecule has 0 saturated heterocycles. The summed E-state index contributed by atoms with van der Waals surface area (Å²) in [5.41, 5.74) is 0. The number of hydrogen-bond acceptors (Lipinski definition) is 9. The van der Waals surface area contributed by atoms with Crippen molar-refractivity contribution in [2.24, 2.45) is 0 Å². The van der Waals surface area contributed by atoms with E-state index in [9.17, 15) is 19.2 Å². The molecule has 0 amide bonds. The molecule has 0 unspecified atom stereocenters. The Morgan fingerprint density at radius 2 is 0.326 bits per heavy atom. The van der Waals surface area contributed by atoms with Crippen LogP contribution in [0.25, 0.3) is 0 Å². The van der Waals surface area contributed by atoms with E-state index in [-0.39, 0.29) is 23.9 Å². The van der Waals surface area contributed by atoms with Crippen molar-refractivity contribution in [2.45, 2.75) is 433 Å². The van der Waals surface area contributed by atoms with Gasteiger partial charge >= 0.3 is 23.9 Å². The third-order valence-corrected chi connectivity index (χ3v) is 16.7. The summed E-state index contributed by atoms with van der Waals surface area (Å²) in [6.07, 6.45) is 89.5. The smallest absolute Gasteiger partial charge is 0.305 e. The molecule has 0 aliphatic rings. The number of esters is 4. The molecular formula is C80H156O9. The monoisotopic (exact) mass is 1260 g/mol. The topological polar surface area (TPSA) is 122 Å². The van der Waals surface area contributed by atoms with Gasteiger partial charge in [-0.25, -0.2) is 0 Å². The second kappa shape index (κ2) is 93.7. The Morgan fingerprint density at radius 3 is 0.449 bits per heavy atom. The average Bonchev–Trinajstić information content (AvgIpc) is 3.54. The van der Waals surface area contributed by atoms with Gasteiger partial charge in [0.05, 0.1) is 28.4 Å². The van der Waals surface area contributed by atoms with Crippen LogP contribution in [0.15, 0.2) is 24.3 Å². The first-order valence-corrected chi connectivity index (χ1v) is 38.6. The van der Waals surface area contributed by atoms with Gasteiger partial charge in [-0.05, 0) is 84.0 Å². The van der Waals surface area contributed by atoms with Crippen molar-refractivity contribution in [3.05, 3.63) is 24.3 Å². The van der Waals surface area contributed by atoms with E-state index >= 15 is 0 Å². The van der Waals surface area contributed by atoms with Crippen LogP contribution >= 0.6 is 0 Å². The lowest BCUT2D eigenvalue weighted by Crippen LogP contribution is -1.99. The molecule has 0 aliphatic heterocycles. The molecule has 0 bridgehead atoms. The summed E-state index contributed by atoms with van der Waals surface area (Å²) in [6, 6.07) is 0. The molecule has 0 spiro atoms. The zero-order valence-electron chi connectivity index (χ0n) is 61.4. The fourth-order valence-electron chi connectivity index (χ4n) is 10.7. The van der Waals surface area contributed by atoms with Gasteiger partial charge in [-0.1, -0.05) is 347 Å². The molecule has 0 aromatic heterocycles. The number of rotatable bonds is 64. The largest absolute Gasteiger partial charge is 0.469 e. The van der Waals surface area contributed by atoms with E-state index in [1.807, 2.05) is 0 Å². The molecule has 0 fully saturated rings. The minimum absolute atomic E-state index is 0.0645. The first kappa shape index (κ1) is 94.7. The quantitative estimate of drug-likeness (QED) is 0.0193. The number of methoxy groups -OCH3 is 4. The van der Waals surface area contributed by atoms with Crippen LogP contribution in [0.4, 0.5) is 0 Å². The van der Waals surface area contributed by atoms with Crippen LogP contribution < -0.4 is 0 Å². The Bertz CT molecular complexity index is 1390. The summed E-state index contributed by atoms with van der Waals surface area (Å²) in [4.78, 5) is 52.5. The summed E-state index contributed by atoms with van der Waals surface area (Å²) in [5.74, 6) is -0.279. The van der Waals surface area contributed by atoms with E-state index in [1.165, 1.54) is 369 Å². The van der Waals surface area contributed by atoms with Crippen molar-refractivity contribution >= 4 is 30.2 Å². The standard InChI is InChI=1S/C20H40O2.C20H38O2.C19H38O2.C19H36O2.C2H4O/c2*1-3-4-5-6-7-8-9-10-11-12-13-14-15-16-17-18-19-20(21)22-2;2*1-3-4-5-6-7-8-9-10-11-12-13-14-15-16-17-18-19(20)21-2;1-2-3/h3-19H2,1-2H3;10-11H,3-9,12-19H2,1-2H3;3-18H2,1-2H3;10-11H,3-9,12-18H2,1-2H3;2H,1H3/b;11-10+;;11-10-;. The molecule has 0 radical (unpaired) electrons. The molecular weight excluding hydrogens is 1100 g/mol. The van der Waals surface area contributed by atoms with E-state index < -0.39 is 0 Å². The maximum absolute atomic E-state index is 10.9. The fraction of sp³-hybridized carbons (Fsp3) is 0.887. The zero-order chi connectivity index (χ0) is 66.5. The fourth-order valence-corrected chi connectivity index (χ4v) is 10.7. The molecule has 9 nitrogen and oxygen atoms in total. The van der Waals surface area contributed by atoms with Crippen molar-refractivity contribution in [1.82, 2.24) is 0 Å². The first-order chi connectivity index (χ1) is 43.6. The second-order valence-electron chi connectivity index (χ2n) is 25.3. The molecule has 0 N–H and O–H groups in total. The summed E-state index contributed by atoms with van der Waals surface area (Å²) < 4.78 is 18.5. The SMILES string of the molecule is CC=O.CCCCCCCC/C=C/CCCCCCCCC(=O)OC.CCCCCCCC/C=C\CCCCCCCC(=O)OC.CCCCCCCCCCCCCCCCCC(=O)OC.CCCCCCCCCCCCCCCCCCC(=O)OC. The van der Waals surface area contributed by atoms with Crippen molar-refractivity contribution in [3.8, 4) is 0 Å². The molecule has 530 valence electrons. The van der Waals surface area contributed by atoms with Crippen LogP contribution in [0.1, 0.15) is 433 Å². The van der Waals surface area contributed by atoms with Crippen LogP contribution in [0.2, 0.25) is 0 Å². The van der Waals surface area contributed by atoms with Gasteiger partial charge in [0.1, 0.15) is 6.29 Å². The minimum atomic E-state index is -0.0763. The molecule has 9 heteroatoms. The maximum atomic E-state index is 10.9. The van der Waals surface area contributed by atoms with Gasteiger partial charge < -0.3 is 23.7 Å². The molecule has 0 rings (SSSR count). The number of allylic oxidation sites excluding steroid dienone is 4. The van der Waals surface area contributed by atoms with Crippen molar-refractivity contribution in [3.63, 3.8) is 0 Å². The van der Waals surface area contributed by atoms with Gasteiger partial charge in [0, 0.05) is 25.7 Å². The summed E-state index contributed by atoms with van der Waals surface area (Å²) in [7, 11) is 5.85. The highest BCUT2D eigenvalue weighted by molar-refractivity contribution is 5.70. The number of aldehydes is 1. The van der Waals surface area contributed by atoms with E-state index in [0.29, 0.717) is 25.7 Å². The van der Waals surface area contributed by atoms with Gasteiger partial charge in [-0.15, -0.1) is 0 Å². The highest BCUT2D eigenvalue weighted by Crippen LogP contribution is 2.17. The molecule has 0 aromatic rings. The molecule has 0 heterocycles. The van der Waals surface area contributed by atoms with Crippen LogP contribution in [-0.4, -0.2) is 58.6 Å². The Hall–Kier alpha value is -2.97. The van der Waals surface area contributed by atoms with Gasteiger partial charge in [-0.3, -0.25) is 19.2 Å². The maximum Gasteiger partial charge on any atom is 0.305 e. The van der Waals surface area contributed by atoms with E-state index in [1.54, 1.807) is 0 Å². The lowest BCUT2D eigenvalue weighted by Gasteiger charge is -2.03. The Morgan fingerprint density at radius 1 is 0.213 bits per heavy atom. The molecule has 0 aromatic carbocycles. The van der Waals surface area contributed by atoms with Crippen molar-refractivity contribution in [2.75, 3.05) is 28.4 Å². The number of hydrogen-bond donors (Lipinski definition) is 0. The first-order valence-electron chi connectivity index (χ1n) is 38.6. The Labute approximate surface area is 555 Å². The van der Waals surface area contributed by atoms with E-state index in [0.717, 1.165) is 44.8 Å². The van der Waals surface area contributed by atoms with Gasteiger partial charge in [0.2, 0.25) is 0 Å². The average molecular weight is 1260 g/mol. The van der Waals surface area contributed by atoms with Gasteiger partial charge in [-0.2, -0.15) is 0 Å². The van der Waals surface area contributed by atoms with Crippen LogP contribution in [0.3, 0.4) is 0 Å². The third kappa shape index (κ3) is 104. The van der Waals surface area contributed by atoms with Crippen LogP contribution in [0, 0.1) is 0 Å². The highest BCUT2D eigenvalue weighted by Gasteiger charge is 2.03. The Balaban J connectivity index is -0.000000347. The summed E-state index contributed by atoms with van der Waals surface area (Å²) in [5, 5.41) is 0. The van der Waals surface area contributed by atoms with Crippen LogP contribution in [-0.2, 0) is 42.9 Å². The summed E-state index contributed by atoms with van der Waals surface area (Å²) >= 11 is 0. The number of carbonyl (C=O) groups excluding carboxylic acids is 5. The molecule has 89 heavy (non-hydrogen) atoms. The van der Waals surface area contributed by atoms with Crippen molar-refractivity contribution < 1.29 is 42.9 Å². The highest BCUT2D eigenvalue weighted by atomic mass is 16.5. The van der Waals surface area contributed by atoms with E-state index in [2.05, 4.69) is 70.9 Å². The molecule has 0 aliphatic carbocycles. The Kier molecular flexibility index (Phi) is 99.8.